The van der Waals surface area contributed by atoms with E-state index in [1.807, 2.05) is 97.9 Å². The van der Waals surface area contributed by atoms with Gasteiger partial charge in [0.25, 0.3) is 5.69 Å². The maximum Gasteiger partial charge on any atom is 0.298 e. The highest BCUT2D eigenvalue weighted by Gasteiger charge is 2.68. The molecule has 9 rings (SSSR count). The molecule has 0 radical (unpaired) electrons. The number of hydrogen-bond acceptors (Lipinski definition) is 6. The van der Waals surface area contributed by atoms with E-state index in [9.17, 15) is 19.7 Å². The zero-order chi connectivity index (χ0) is 30.9. The molecule has 0 N–H and O–H groups in total. The number of nitro benzene ring substituents is 1. The van der Waals surface area contributed by atoms with Crippen LogP contribution in [-0.2, 0) is 15.0 Å². The number of anilines is 1. The van der Waals surface area contributed by atoms with Crippen LogP contribution in [0.1, 0.15) is 35.1 Å². The molecule has 2 bridgehead atoms. The first-order valence-corrected chi connectivity index (χ1v) is 15.0. The van der Waals surface area contributed by atoms with Crippen molar-refractivity contribution in [2.45, 2.75) is 18.3 Å². The van der Waals surface area contributed by atoms with Crippen LogP contribution in [0.3, 0.4) is 0 Å². The molecule has 1 aliphatic heterocycles. The molecule has 8 nitrogen and oxygen atoms in total. The van der Waals surface area contributed by atoms with Crippen molar-refractivity contribution in [1.29, 1.82) is 0 Å². The van der Waals surface area contributed by atoms with E-state index in [0.29, 0.717) is 18.0 Å². The predicted molar refractivity (Wildman–Crippen MR) is 171 cm³/mol. The fourth-order valence-corrected chi connectivity index (χ4v) is 7.88. The zero-order valence-corrected chi connectivity index (χ0v) is 24.3. The Balaban J connectivity index is 1.37. The molecule has 2 atom stereocenters. The van der Waals surface area contributed by atoms with Gasteiger partial charge >= 0.3 is 0 Å². The van der Waals surface area contributed by atoms with E-state index in [-0.39, 0.29) is 29.1 Å². The molecule has 0 unspecified atom stereocenters. The molecule has 0 aromatic heterocycles. The van der Waals surface area contributed by atoms with Crippen molar-refractivity contribution in [3.63, 3.8) is 0 Å². The Morgan fingerprint density at radius 3 is 2.24 bits per heavy atom. The largest absolute Gasteiger partial charge is 0.494 e. The molecule has 4 aliphatic rings. The summed E-state index contributed by atoms with van der Waals surface area (Å²) < 4.78 is 5.51. The second-order valence-electron chi connectivity index (χ2n) is 11.6. The van der Waals surface area contributed by atoms with E-state index in [0.717, 1.165) is 33.0 Å². The summed E-state index contributed by atoms with van der Waals surface area (Å²) in [5, 5.41) is 13.9. The van der Waals surface area contributed by atoms with Gasteiger partial charge in [-0.05, 0) is 52.8 Å². The topological polar surface area (TPSA) is 102 Å². The number of ether oxygens (including phenoxy) is 1. The fraction of sp³-hybridized carbons (Fsp3) is 0.162. The van der Waals surface area contributed by atoms with Crippen LogP contribution in [-0.4, -0.2) is 29.6 Å². The number of nitrogens with zero attached hydrogens (tertiary/aromatic N) is 3. The number of benzene rings is 5. The summed E-state index contributed by atoms with van der Waals surface area (Å²) in [4.78, 5) is 47.3. The Hall–Kier alpha value is -5.63. The Morgan fingerprint density at radius 2 is 1.53 bits per heavy atom. The minimum absolute atomic E-state index is 0.139. The van der Waals surface area contributed by atoms with Crippen molar-refractivity contribution < 1.29 is 19.2 Å². The van der Waals surface area contributed by atoms with Gasteiger partial charge in [0.15, 0.2) is 0 Å². The first kappa shape index (κ1) is 27.0. The molecule has 3 aliphatic carbocycles. The smallest absolute Gasteiger partial charge is 0.298 e. The standard InChI is InChI=1S/C37H27N3O5/c1-2-45-23-18-19-29(31(20-23)40(43)44)38-21-37-27-15-7-5-13-25(27)32(26-14-6-8-16-28(26)37)33-34(37)36(42)39(35(33)41)30-17-9-11-22-10-3-4-12-24(22)30/h3-21,32-34H,2H2,1H3/t32?,33-,34-,37?/m0/s1. The van der Waals surface area contributed by atoms with Crippen molar-refractivity contribution >= 4 is 45.9 Å². The number of rotatable bonds is 6. The van der Waals surface area contributed by atoms with Gasteiger partial charge in [0.1, 0.15) is 11.4 Å². The quantitative estimate of drug-likeness (QED) is 0.0905. The van der Waals surface area contributed by atoms with Gasteiger partial charge in [-0.1, -0.05) is 84.9 Å². The normalized spacial score (nSPS) is 22.9. The lowest BCUT2D eigenvalue weighted by Gasteiger charge is -2.52. The third-order valence-corrected chi connectivity index (χ3v) is 9.55. The third-order valence-electron chi connectivity index (χ3n) is 9.55. The minimum atomic E-state index is -1.15. The Morgan fingerprint density at radius 1 is 0.867 bits per heavy atom. The number of nitro groups is 1. The summed E-state index contributed by atoms with van der Waals surface area (Å²) >= 11 is 0. The van der Waals surface area contributed by atoms with E-state index in [4.69, 9.17) is 9.73 Å². The van der Waals surface area contributed by atoms with E-state index < -0.39 is 22.2 Å². The molecule has 1 saturated heterocycles. The van der Waals surface area contributed by atoms with Gasteiger partial charge in [-0.2, -0.15) is 0 Å². The van der Waals surface area contributed by atoms with E-state index >= 15 is 0 Å². The number of aliphatic imine (C=N–C) groups is 1. The average molecular weight is 594 g/mol. The molecule has 0 spiro atoms. The van der Waals surface area contributed by atoms with Crippen molar-refractivity contribution in [2.75, 3.05) is 11.5 Å². The van der Waals surface area contributed by atoms with Gasteiger partial charge < -0.3 is 4.74 Å². The highest BCUT2D eigenvalue weighted by molar-refractivity contribution is 6.27. The summed E-state index contributed by atoms with van der Waals surface area (Å²) in [6.45, 7) is 2.17. The van der Waals surface area contributed by atoms with Crippen molar-refractivity contribution in [2.24, 2.45) is 16.8 Å². The number of carbonyl (C=O) groups excluding carboxylic acids is 2. The predicted octanol–water partition coefficient (Wildman–Crippen LogP) is 7.10. The zero-order valence-electron chi connectivity index (χ0n) is 24.3. The summed E-state index contributed by atoms with van der Waals surface area (Å²) in [5.74, 6) is -1.98. The Kier molecular flexibility index (Phi) is 5.96. The van der Waals surface area contributed by atoms with Crippen molar-refractivity contribution in [3.05, 3.63) is 142 Å². The van der Waals surface area contributed by atoms with Crippen LogP contribution in [0.15, 0.2) is 114 Å². The van der Waals surface area contributed by atoms with Gasteiger partial charge in [-0.3, -0.25) is 24.7 Å². The number of amides is 2. The van der Waals surface area contributed by atoms with Crippen LogP contribution in [0.2, 0.25) is 0 Å². The Bertz CT molecular complexity index is 2050. The van der Waals surface area contributed by atoms with E-state index in [1.54, 1.807) is 18.3 Å². The first-order chi connectivity index (χ1) is 22.0. The fourth-order valence-electron chi connectivity index (χ4n) is 7.88. The van der Waals surface area contributed by atoms with Gasteiger partial charge in [0.05, 0.1) is 40.5 Å². The van der Waals surface area contributed by atoms with Gasteiger partial charge in [0.2, 0.25) is 11.8 Å². The summed E-state index contributed by atoms with van der Waals surface area (Å²) in [6.07, 6.45) is 1.68. The van der Waals surface area contributed by atoms with Crippen LogP contribution >= 0.6 is 0 Å². The summed E-state index contributed by atoms with van der Waals surface area (Å²) in [6, 6.07) is 33.7. The summed E-state index contributed by atoms with van der Waals surface area (Å²) in [7, 11) is 0. The third kappa shape index (κ3) is 3.68. The second-order valence-corrected chi connectivity index (χ2v) is 11.6. The molecule has 0 saturated carbocycles. The Labute approximate surface area is 258 Å². The minimum Gasteiger partial charge on any atom is -0.494 e. The maximum absolute atomic E-state index is 14.8. The van der Waals surface area contributed by atoms with Crippen LogP contribution in [0.25, 0.3) is 10.8 Å². The summed E-state index contributed by atoms with van der Waals surface area (Å²) in [5.41, 5.74) is 3.03. The van der Waals surface area contributed by atoms with Crippen molar-refractivity contribution in [3.8, 4) is 5.75 Å². The average Bonchev–Trinajstić information content (AvgIpc) is 3.34. The molecule has 1 fully saturated rings. The molecular weight excluding hydrogens is 566 g/mol. The number of carbonyl (C=O) groups is 2. The molecule has 2 amide bonds. The molecule has 45 heavy (non-hydrogen) atoms. The highest BCUT2D eigenvalue weighted by Crippen LogP contribution is 2.64. The first-order valence-electron chi connectivity index (χ1n) is 15.0. The monoisotopic (exact) mass is 593 g/mol. The molecule has 5 aromatic carbocycles. The van der Waals surface area contributed by atoms with E-state index in [1.165, 1.54) is 11.0 Å². The molecule has 220 valence electrons. The number of fused-ring (bicyclic) bond motifs is 1. The van der Waals surface area contributed by atoms with Gasteiger partial charge in [0, 0.05) is 17.5 Å². The van der Waals surface area contributed by atoms with Gasteiger partial charge in [-0.25, -0.2) is 4.90 Å². The molecule has 1 heterocycles. The second kappa shape index (κ2) is 9.95. The lowest BCUT2D eigenvalue weighted by atomic mass is 9.47. The van der Waals surface area contributed by atoms with Crippen LogP contribution in [0.5, 0.6) is 5.75 Å². The lowest BCUT2D eigenvalue weighted by molar-refractivity contribution is -0.384. The van der Waals surface area contributed by atoms with E-state index in [2.05, 4.69) is 0 Å². The molecule has 8 heteroatoms. The number of hydrogen-bond donors (Lipinski definition) is 0. The van der Waals surface area contributed by atoms with Crippen molar-refractivity contribution in [1.82, 2.24) is 0 Å². The van der Waals surface area contributed by atoms with Crippen LogP contribution < -0.4 is 9.64 Å². The van der Waals surface area contributed by atoms with Crippen LogP contribution in [0, 0.1) is 22.0 Å². The number of imide groups is 1. The molecular formula is C37H27N3O5. The van der Waals surface area contributed by atoms with Gasteiger partial charge in [-0.15, -0.1) is 0 Å². The van der Waals surface area contributed by atoms with Crippen LogP contribution in [0.4, 0.5) is 17.1 Å². The molecule has 5 aromatic rings. The maximum atomic E-state index is 14.8. The highest BCUT2D eigenvalue weighted by atomic mass is 16.6. The lowest BCUT2D eigenvalue weighted by Crippen LogP contribution is -2.54. The SMILES string of the molecule is CCOc1ccc(N=CC23c4ccccc4C(c4ccccc42)[C@@H]2C(=O)N(c4cccc5ccccc45)C(=O)[C@H]23)c([N+](=O)[O-])c1.